The second-order valence-electron chi connectivity index (χ2n) is 7.68. The van der Waals surface area contributed by atoms with E-state index < -0.39 is 11.5 Å². The number of carbonyl (C=O) groups is 1. The third-order valence-corrected chi connectivity index (χ3v) is 4.58. The van der Waals surface area contributed by atoms with Crippen LogP contribution in [-0.2, 0) is 13.5 Å². The highest BCUT2D eigenvalue weighted by molar-refractivity contribution is 6.05. The molecule has 9 heteroatoms. The van der Waals surface area contributed by atoms with Gasteiger partial charge in [0, 0.05) is 30.8 Å². The molecular weight excluding hydrogens is 386 g/mol. The third-order valence-electron chi connectivity index (χ3n) is 4.58. The lowest BCUT2D eigenvalue weighted by molar-refractivity contribution is 0.101. The van der Waals surface area contributed by atoms with Crippen molar-refractivity contribution in [2.75, 3.05) is 18.5 Å². The van der Waals surface area contributed by atoms with Gasteiger partial charge in [0.15, 0.2) is 0 Å². The number of anilines is 1. The molecule has 0 fully saturated rings. The molecule has 0 bridgehead atoms. The van der Waals surface area contributed by atoms with Crippen LogP contribution in [0.4, 0.5) is 5.82 Å². The van der Waals surface area contributed by atoms with Crippen LogP contribution in [0.5, 0.6) is 11.8 Å². The first-order valence-electron chi connectivity index (χ1n) is 9.59. The molecule has 3 aromatic rings. The Hall–Kier alpha value is -3.46. The number of aromatic nitrogens is 4. The van der Waals surface area contributed by atoms with E-state index >= 15 is 0 Å². The van der Waals surface area contributed by atoms with Gasteiger partial charge in [-0.2, -0.15) is 10.1 Å². The number of pyridine rings is 2. The Morgan fingerprint density at radius 3 is 2.93 bits per heavy atom. The van der Waals surface area contributed by atoms with Crippen molar-refractivity contribution in [1.29, 1.82) is 0 Å². The van der Waals surface area contributed by atoms with Crippen molar-refractivity contribution in [3.05, 3.63) is 47.8 Å². The molecule has 0 radical (unpaired) electrons. The zero-order chi connectivity index (χ0) is 21.3. The van der Waals surface area contributed by atoms with E-state index in [1.165, 1.54) is 0 Å². The van der Waals surface area contributed by atoms with Crippen LogP contribution in [0.15, 0.2) is 36.7 Å². The highest BCUT2D eigenvalue weighted by Crippen LogP contribution is 2.36. The van der Waals surface area contributed by atoms with Crippen molar-refractivity contribution in [3.63, 3.8) is 0 Å². The predicted molar refractivity (Wildman–Crippen MR) is 110 cm³/mol. The number of aliphatic hydroxyl groups is 1. The van der Waals surface area contributed by atoms with Gasteiger partial charge in [-0.25, -0.2) is 4.98 Å². The molecule has 3 aromatic heterocycles. The van der Waals surface area contributed by atoms with Crippen molar-refractivity contribution in [1.82, 2.24) is 19.7 Å². The van der Waals surface area contributed by atoms with Crippen LogP contribution in [0.1, 0.15) is 29.8 Å². The normalized spacial score (nSPS) is 14.1. The van der Waals surface area contributed by atoms with Crippen LogP contribution in [0.3, 0.4) is 0 Å². The molecule has 30 heavy (non-hydrogen) atoms. The Morgan fingerprint density at radius 2 is 2.20 bits per heavy atom. The number of fused-ring (bicyclic) bond motifs is 1. The number of carbonyl (C=O) groups excluding carboxylic acids is 1. The number of aliphatic hydroxyl groups excluding tert-OH is 1. The fraction of sp³-hybridized carbons (Fsp3) is 0.333. The standard InChI is InChI=1S/C21H23N5O4/c1-21(2)10-13-9-15(20(29-8-7-27)25-19(13)30-21)18(28)24-17-6-4-5-16(23-17)14-11-22-26(3)12-14/h4-6,9,11-12,27H,7-8,10H2,1-3H3,(H,23,24,28). The van der Waals surface area contributed by atoms with Gasteiger partial charge in [0.05, 0.1) is 18.5 Å². The number of rotatable bonds is 6. The molecule has 1 aliphatic heterocycles. The maximum atomic E-state index is 13.0. The molecule has 156 valence electrons. The van der Waals surface area contributed by atoms with E-state index in [2.05, 4.69) is 20.4 Å². The zero-order valence-corrected chi connectivity index (χ0v) is 17.0. The minimum absolute atomic E-state index is 0.0181. The summed E-state index contributed by atoms with van der Waals surface area (Å²) in [5.74, 6) is 0.549. The van der Waals surface area contributed by atoms with Crippen LogP contribution in [0.25, 0.3) is 11.3 Å². The van der Waals surface area contributed by atoms with Gasteiger partial charge in [-0.1, -0.05) is 6.07 Å². The second kappa shape index (κ2) is 7.75. The quantitative estimate of drug-likeness (QED) is 0.642. The lowest BCUT2D eigenvalue weighted by Gasteiger charge is -2.16. The molecule has 0 aromatic carbocycles. The minimum Gasteiger partial charge on any atom is -0.475 e. The largest absolute Gasteiger partial charge is 0.475 e. The van der Waals surface area contributed by atoms with Crippen molar-refractivity contribution < 1.29 is 19.4 Å². The molecule has 4 heterocycles. The Labute approximate surface area is 173 Å². The SMILES string of the molecule is Cn1cc(-c2cccc(NC(=O)c3cc4c(nc3OCCO)OC(C)(C)C4)n2)cn1. The van der Waals surface area contributed by atoms with Gasteiger partial charge in [-0.05, 0) is 32.0 Å². The van der Waals surface area contributed by atoms with Gasteiger partial charge in [-0.3, -0.25) is 9.48 Å². The van der Waals surface area contributed by atoms with Gasteiger partial charge in [-0.15, -0.1) is 0 Å². The van der Waals surface area contributed by atoms with Gasteiger partial charge in [0.25, 0.3) is 5.91 Å². The number of hydrogen-bond acceptors (Lipinski definition) is 7. The summed E-state index contributed by atoms with van der Waals surface area (Å²) in [5.41, 5.74) is 2.23. The molecule has 0 spiro atoms. The van der Waals surface area contributed by atoms with Crippen LogP contribution >= 0.6 is 0 Å². The first kappa shape index (κ1) is 19.8. The van der Waals surface area contributed by atoms with Crippen LogP contribution in [-0.4, -0.2) is 49.6 Å². The number of amides is 1. The number of nitrogens with zero attached hydrogens (tertiary/aromatic N) is 4. The topological polar surface area (TPSA) is 111 Å². The maximum absolute atomic E-state index is 13.0. The van der Waals surface area contributed by atoms with Crippen molar-refractivity contribution in [2.45, 2.75) is 25.9 Å². The van der Waals surface area contributed by atoms with Gasteiger partial charge in [0.2, 0.25) is 11.8 Å². The molecule has 2 N–H and O–H groups in total. The second-order valence-corrected chi connectivity index (χ2v) is 7.68. The summed E-state index contributed by atoms with van der Waals surface area (Å²) in [4.78, 5) is 21.9. The zero-order valence-electron chi connectivity index (χ0n) is 17.0. The summed E-state index contributed by atoms with van der Waals surface area (Å²) < 4.78 is 13.0. The average Bonchev–Trinajstić information content (AvgIpc) is 3.26. The summed E-state index contributed by atoms with van der Waals surface area (Å²) >= 11 is 0. The van der Waals surface area contributed by atoms with E-state index in [1.54, 1.807) is 23.0 Å². The Morgan fingerprint density at radius 1 is 1.37 bits per heavy atom. The van der Waals surface area contributed by atoms with Crippen molar-refractivity contribution in [3.8, 4) is 23.0 Å². The number of ether oxygens (including phenoxy) is 2. The van der Waals surface area contributed by atoms with E-state index in [9.17, 15) is 4.79 Å². The third kappa shape index (κ3) is 4.11. The Balaban J connectivity index is 1.62. The molecule has 0 atom stereocenters. The van der Waals surface area contributed by atoms with Gasteiger partial charge >= 0.3 is 0 Å². The molecule has 4 rings (SSSR count). The van der Waals surface area contributed by atoms with E-state index in [0.717, 1.165) is 11.1 Å². The molecular formula is C21H23N5O4. The number of nitrogens with one attached hydrogen (secondary N) is 1. The monoisotopic (exact) mass is 409 g/mol. The summed E-state index contributed by atoms with van der Waals surface area (Å²) in [7, 11) is 1.83. The number of aryl methyl sites for hydroxylation is 1. The first-order valence-corrected chi connectivity index (χ1v) is 9.59. The summed E-state index contributed by atoms with van der Waals surface area (Å²) in [6, 6.07) is 7.09. The van der Waals surface area contributed by atoms with Crippen LogP contribution in [0.2, 0.25) is 0 Å². The van der Waals surface area contributed by atoms with Crippen LogP contribution < -0.4 is 14.8 Å². The maximum Gasteiger partial charge on any atom is 0.262 e. The Kier molecular flexibility index (Phi) is 5.13. The van der Waals surface area contributed by atoms with E-state index in [-0.39, 0.29) is 24.7 Å². The summed E-state index contributed by atoms with van der Waals surface area (Å²) in [5, 5.41) is 16.1. The molecule has 0 saturated carbocycles. The summed E-state index contributed by atoms with van der Waals surface area (Å²) in [6.07, 6.45) is 4.19. The smallest absolute Gasteiger partial charge is 0.262 e. The van der Waals surface area contributed by atoms with E-state index in [0.29, 0.717) is 23.8 Å². The minimum atomic E-state index is -0.404. The van der Waals surface area contributed by atoms with E-state index in [1.807, 2.05) is 39.2 Å². The number of hydrogen-bond donors (Lipinski definition) is 2. The molecule has 1 amide bonds. The van der Waals surface area contributed by atoms with Gasteiger partial charge < -0.3 is 19.9 Å². The molecule has 0 aliphatic carbocycles. The average molecular weight is 409 g/mol. The molecule has 1 aliphatic rings. The highest BCUT2D eigenvalue weighted by Gasteiger charge is 2.33. The van der Waals surface area contributed by atoms with Crippen molar-refractivity contribution >= 4 is 11.7 Å². The van der Waals surface area contributed by atoms with Crippen molar-refractivity contribution in [2.24, 2.45) is 7.05 Å². The fourth-order valence-electron chi connectivity index (χ4n) is 3.31. The molecule has 9 nitrogen and oxygen atoms in total. The Bertz CT molecular complexity index is 1090. The lowest BCUT2D eigenvalue weighted by Crippen LogP contribution is -2.24. The highest BCUT2D eigenvalue weighted by atomic mass is 16.5. The predicted octanol–water partition coefficient (Wildman–Crippen LogP) is 2.21. The fourth-order valence-corrected chi connectivity index (χ4v) is 3.31. The molecule has 0 saturated heterocycles. The van der Waals surface area contributed by atoms with Crippen LogP contribution in [0, 0.1) is 0 Å². The van der Waals surface area contributed by atoms with E-state index in [4.69, 9.17) is 14.6 Å². The lowest BCUT2D eigenvalue weighted by atomic mass is 10.0. The van der Waals surface area contributed by atoms with Gasteiger partial charge in [0.1, 0.15) is 23.6 Å². The first-order chi connectivity index (χ1) is 14.3. The summed E-state index contributed by atoms with van der Waals surface area (Å²) in [6.45, 7) is 3.73. The molecule has 0 unspecified atom stereocenters.